The molecule has 0 saturated carbocycles. The summed E-state index contributed by atoms with van der Waals surface area (Å²) in [5.41, 5.74) is 1.85. The van der Waals surface area contributed by atoms with Crippen LogP contribution in [0.3, 0.4) is 0 Å². The van der Waals surface area contributed by atoms with E-state index in [4.69, 9.17) is 0 Å². The standard InChI is InChI=1S/C11H16FNO2S/c1-9-7-11(12)4-3-10(9)8-13-5-6-16(2,14)15/h3-4,7,13H,5-6,8H2,1-2H3. The van der Waals surface area contributed by atoms with E-state index in [0.717, 1.165) is 11.1 Å². The van der Waals surface area contributed by atoms with Gasteiger partial charge in [0.05, 0.1) is 5.75 Å². The fourth-order valence-corrected chi connectivity index (χ4v) is 1.85. The summed E-state index contributed by atoms with van der Waals surface area (Å²) in [6.45, 7) is 2.80. The average Bonchev–Trinajstić information content (AvgIpc) is 2.13. The lowest BCUT2D eigenvalue weighted by Crippen LogP contribution is -2.22. The lowest BCUT2D eigenvalue weighted by molar-refractivity contribution is 0.596. The zero-order valence-electron chi connectivity index (χ0n) is 9.46. The van der Waals surface area contributed by atoms with Gasteiger partial charge in [-0.15, -0.1) is 0 Å². The van der Waals surface area contributed by atoms with E-state index in [1.807, 2.05) is 6.92 Å². The molecule has 0 amide bonds. The predicted molar refractivity (Wildman–Crippen MR) is 62.6 cm³/mol. The van der Waals surface area contributed by atoms with E-state index < -0.39 is 9.84 Å². The molecule has 1 aromatic rings. The summed E-state index contributed by atoms with van der Waals surface area (Å²) in [5.74, 6) is -0.134. The van der Waals surface area contributed by atoms with Crippen molar-refractivity contribution in [2.24, 2.45) is 0 Å². The summed E-state index contributed by atoms with van der Waals surface area (Å²) in [7, 11) is -2.92. The summed E-state index contributed by atoms with van der Waals surface area (Å²) in [6, 6.07) is 4.58. The topological polar surface area (TPSA) is 46.2 Å². The van der Waals surface area contributed by atoms with Crippen molar-refractivity contribution in [1.29, 1.82) is 0 Å². The van der Waals surface area contributed by atoms with E-state index >= 15 is 0 Å². The van der Waals surface area contributed by atoms with Crippen LogP contribution in [0.15, 0.2) is 18.2 Å². The van der Waals surface area contributed by atoms with Crippen molar-refractivity contribution in [2.45, 2.75) is 13.5 Å². The SMILES string of the molecule is Cc1cc(F)ccc1CNCCS(C)(=O)=O. The monoisotopic (exact) mass is 245 g/mol. The van der Waals surface area contributed by atoms with E-state index in [0.29, 0.717) is 13.1 Å². The van der Waals surface area contributed by atoms with Gasteiger partial charge in [-0.05, 0) is 30.2 Å². The average molecular weight is 245 g/mol. The molecule has 0 fully saturated rings. The van der Waals surface area contributed by atoms with Crippen molar-refractivity contribution in [3.63, 3.8) is 0 Å². The first-order valence-corrected chi connectivity index (χ1v) is 7.08. The number of rotatable bonds is 5. The van der Waals surface area contributed by atoms with Crippen LogP contribution in [-0.4, -0.2) is 27.0 Å². The van der Waals surface area contributed by atoms with E-state index in [1.54, 1.807) is 6.07 Å². The lowest BCUT2D eigenvalue weighted by Gasteiger charge is -2.07. The zero-order chi connectivity index (χ0) is 12.2. The minimum absolute atomic E-state index is 0.118. The third-order valence-electron chi connectivity index (χ3n) is 2.27. The lowest BCUT2D eigenvalue weighted by atomic mass is 10.1. The predicted octanol–water partition coefficient (Wildman–Crippen LogP) is 1.27. The highest BCUT2D eigenvalue weighted by Gasteiger charge is 2.02. The van der Waals surface area contributed by atoms with Gasteiger partial charge in [-0.25, -0.2) is 12.8 Å². The Hall–Kier alpha value is -0.940. The summed E-state index contributed by atoms with van der Waals surface area (Å²) in [4.78, 5) is 0. The third-order valence-corrected chi connectivity index (χ3v) is 3.22. The van der Waals surface area contributed by atoms with Gasteiger partial charge in [0, 0.05) is 19.3 Å². The Morgan fingerprint density at radius 3 is 2.62 bits per heavy atom. The fraction of sp³-hybridized carbons (Fsp3) is 0.455. The van der Waals surface area contributed by atoms with Crippen molar-refractivity contribution < 1.29 is 12.8 Å². The molecule has 0 atom stereocenters. The van der Waals surface area contributed by atoms with Gasteiger partial charge < -0.3 is 5.32 Å². The number of benzene rings is 1. The first kappa shape index (κ1) is 13.1. The molecule has 0 saturated heterocycles. The number of nitrogens with one attached hydrogen (secondary N) is 1. The first-order chi connectivity index (χ1) is 7.38. The van der Waals surface area contributed by atoms with Gasteiger partial charge in [0.15, 0.2) is 0 Å². The maximum Gasteiger partial charge on any atom is 0.148 e. The van der Waals surface area contributed by atoms with E-state index in [-0.39, 0.29) is 11.6 Å². The molecule has 0 radical (unpaired) electrons. The zero-order valence-corrected chi connectivity index (χ0v) is 10.3. The smallest absolute Gasteiger partial charge is 0.148 e. The maximum absolute atomic E-state index is 12.8. The van der Waals surface area contributed by atoms with Gasteiger partial charge in [-0.2, -0.15) is 0 Å². The fourth-order valence-electron chi connectivity index (χ4n) is 1.34. The minimum atomic E-state index is -2.92. The van der Waals surface area contributed by atoms with Crippen molar-refractivity contribution in [3.05, 3.63) is 35.1 Å². The summed E-state index contributed by atoms with van der Waals surface area (Å²) in [5, 5.41) is 3.02. The normalized spacial score (nSPS) is 11.7. The van der Waals surface area contributed by atoms with Crippen LogP contribution in [-0.2, 0) is 16.4 Å². The highest BCUT2D eigenvalue weighted by Crippen LogP contribution is 2.09. The molecule has 1 N–H and O–H groups in total. The molecule has 0 unspecified atom stereocenters. The van der Waals surface area contributed by atoms with E-state index in [2.05, 4.69) is 5.32 Å². The molecule has 90 valence electrons. The minimum Gasteiger partial charge on any atom is -0.312 e. The second-order valence-corrected chi connectivity index (χ2v) is 6.14. The summed E-state index contributed by atoms with van der Waals surface area (Å²) in [6.07, 6.45) is 1.21. The molecule has 0 aliphatic carbocycles. The van der Waals surface area contributed by atoms with Crippen LogP contribution in [0.2, 0.25) is 0 Å². The molecule has 16 heavy (non-hydrogen) atoms. The Bertz CT molecular complexity index is 457. The quantitative estimate of drug-likeness (QED) is 0.795. The highest BCUT2D eigenvalue weighted by molar-refractivity contribution is 7.90. The maximum atomic E-state index is 12.8. The van der Waals surface area contributed by atoms with Crippen LogP contribution in [0.25, 0.3) is 0 Å². The van der Waals surface area contributed by atoms with Crippen LogP contribution >= 0.6 is 0 Å². The van der Waals surface area contributed by atoms with E-state index in [1.165, 1.54) is 18.4 Å². The largest absolute Gasteiger partial charge is 0.312 e. The van der Waals surface area contributed by atoms with E-state index in [9.17, 15) is 12.8 Å². The summed E-state index contributed by atoms with van der Waals surface area (Å²) < 4.78 is 34.5. The van der Waals surface area contributed by atoms with Crippen LogP contribution in [0, 0.1) is 12.7 Å². The second kappa shape index (κ2) is 5.41. The number of hydrogen-bond acceptors (Lipinski definition) is 3. The van der Waals surface area contributed by atoms with Crippen LogP contribution in [0.5, 0.6) is 0 Å². The molecule has 3 nitrogen and oxygen atoms in total. The van der Waals surface area contributed by atoms with Crippen LogP contribution < -0.4 is 5.32 Å². The third kappa shape index (κ3) is 4.72. The number of sulfone groups is 1. The molecule has 0 aliphatic rings. The van der Waals surface area contributed by atoms with Crippen molar-refractivity contribution in [3.8, 4) is 0 Å². The van der Waals surface area contributed by atoms with Gasteiger partial charge in [0.25, 0.3) is 0 Å². The highest BCUT2D eigenvalue weighted by atomic mass is 32.2. The van der Waals surface area contributed by atoms with Crippen molar-refractivity contribution in [2.75, 3.05) is 18.6 Å². The molecule has 0 aliphatic heterocycles. The molecular weight excluding hydrogens is 229 g/mol. The van der Waals surface area contributed by atoms with Crippen LogP contribution in [0.1, 0.15) is 11.1 Å². The molecule has 0 spiro atoms. The van der Waals surface area contributed by atoms with Gasteiger partial charge in [-0.3, -0.25) is 0 Å². The molecule has 0 heterocycles. The first-order valence-electron chi connectivity index (χ1n) is 5.02. The van der Waals surface area contributed by atoms with Gasteiger partial charge >= 0.3 is 0 Å². The van der Waals surface area contributed by atoms with Gasteiger partial charge in [0.1, 0.15) is 15.7 Å². The molecule has 1 rings (SSSR count). The molecule has 1 aromatic carbocycles. The number of hydrogen-bond donors (Lipinski definition) is 1. The Labute approximate surface area is 95.6 Å². The Balaban J connectivity index is 2.43. The van der Waals surface area contributed by atoms with Gasteiger partial charge in [-0.1, -0.05) is 6.07 Å². The Morgan fingerprint density at radius 2 is 2.06 bits per heavy atom. The molecule has 0 bridgehead atoms. The van der Waals surface area contributed by atoms with Gasteiger partial charge in [0.2, 0.25) is 0 Å². The van der Waals surface area contributed by atoms with Crippen LogP contribution in [0.4, 0.5) is 4.39 Å². The molecule has 0 aromatic heterocycles. The Kier molecular flexibility index (Phi) is 4.44. The number of halogens is 1. The molecular formula is C11H16FNO2S. The molecule has 5 heteroatoms. The van der Waals surface area contributed by atoms with Crippen molar-refractivity contribution >= 4 is 9.84 Å². The second-order valence-electron chi connectivity index (χ2n) is 3.88. The van der Waals surface area contributed by atoms with Crippen molar-refractivity contribution in [1.82, 2.24) is 5.32 Å². The summed E-state index contributed by atoms with van der Waals surface area (Å²) >= 11 is 0. The number of aryl methyl sites for hydroxylation is 1. The Morgan fingerprint density at radius 1 is 1.38 bits per heavy atom.